The monoisotopic (exact) mass is 338 g/mol. The second-order valence-electron chi connectivity index (χ2n) is 4.82. The van der Waals surface area contributed by atoms with E-state index in [1.807, 2.05) is 47.0 Å². The number of benzene rings is 2. The van der Waals surface area contributed by atoms with Gasteiger partial charge in [-0.05, 0) is 42.5 Å². The van der Waals surface area contributed by atoms with Crippen molar-refractivity contribution >= 4 is 43.8 Å². The van der Waals surface area contributed by atoms with E-state index in [2.05, 4.69) is 32.0 Å². The predicted molar refractivity (Wildman–Crippen MR) is 88.5 cm³/mol. The number of imidazole rings is 1. The molecule has 0 bridgehead atoms. The van der Waals surface area contributed by atoms with Gasteiger partial charge in [-0.2, -0.15) is 0 Å². The fourth-order valence-electron chi connectivity index (χ4n) is 2.54. The van der Waals surface area contributed by atoms with Crippen LogP contribution in [0.3, 0.4) is 0 Å². The van der Waals surface area contributed by atoms with Gasteiger partial charge in [0.1, 0.15) is 0 Å². The van der Waals surface area contributed by atoms with Crippen LogP contribution in [0.25, 0.3) is 27.6 Å². The average molecular weight is 339 g/mol. The molecule has 0 aliphatic heterocycles. The Balaban J connectivity index is 2.03. The summed E-state index contributed by atoms with van der Waals surface area (Å²) >= 11 is 3.50. The number of nitrogens with two attached hydrogens (primary N) is 1. The van der Waals surface area contributed by atoms with Crippen LogP contribution in [0.2, 0.25) is 0 Å². The van der Waals surface area contributed by atoms with E-state index in [1.165, 1.54) is 0 Å². The molecule has 2 N–H and O–H groups in total. The van der Waals surface area contributed by atoms with Gasteiger partial charge in [0.2, 0.25) is 5.95 Å². The minimum absolute atomic E-state index is 0.478. The molecule has 0 aliphatic carbocycles. The Hall–Kier alpha value is -2.40. The normalized spacial score (nSPS) is 11.3. The number of fused-ring (bicyclic) bond motifs is 2. The maximum atomic E-state index is 6.10. The van der Waals surface area contributed by atoms with Crippen LogP contribution in [-0.2, 0) is 0 Å². The van der Waals surface area contributed by atoms with Crippen molar-refractivity contribution in [3.8, 4) is 5.69 Å². The standard InChI is InChI=1S/C16H11BrN4/c17-11-3-5-14-15(9-11)21(16(18)20-14)12-4-6-13-10(8-12)2-1-7-19-13/h1-9H,(H2,18,20). The Bertz CT molecular complexity index is 975. The average Bonchev–Trinajstić information content (AvgIpc) is 2.82. The molecule has 0 amide bonds. The molecule has 5 heteroatoms. The summed E-state index contributed by atoms with van der Waals surface area (Å²) in [6, 6.07) is 16.0. The van der Waals surface area contributed by atoms with Crippen LogP contribution in [0.1, 0.15) is 0 Å². The van der Waals surface area contributed by atoms with E-state index in [0.717, 1.165) is 32.1 Å². The van der Waals surface area contributed by atoms with Gasteiger partial charge in [0.25, 0.3) is 0 Å². The number of halogens is 1. The van der Waals surface area contributed by atoms with Gasteiger partial charge < -0.3 is 5.73 Å². The molecule has 0 fully saturated rings. The number of hydrogen-bond donors (Lipinski definition) is 1. The Kier molecular flexibility index (Phi) is 2.68. The molecule has 0 atom stereocenters. The molecule has 4 aromatic rings. The van der Waals surface area contributed by atoms with Crippen molar-refractivity contribution < 1.29 is 0 Å². The van der Waals surface area contributed by atoms with E-state index < -0.39 is 0 Å². The van der Waals surface area contributed by atoms with Crippen molar-refractivity contribution in [3.63, 3.8) is 0 Å². The van der Waals surface area contributed by atoms with Crippen LogP contribution in [0.5, 0.6) is 0 Å². The third-order valence-electron chi connectivity index (χ3n) is 3.49. The smallest absolute Gasteiger partial charge is 0.205 e. The highest BCUT2D eigenvalue weighted by molar-refractivity contribution is 9.10. The first-order chi connectivity index (χ1) is 10.2. The fourth-order valence-corrected chi connectivity index (χ4v) is 2.89. The zero-order valence-electron chi connectivity index (χ0n) is 11.0. The maximum absolute atomic E-state index is 6.10. The lowest BCUT2D eigenvalue weighted by Gasteiger charge is -2.08. The number of nitrogen functional groups attached to an aromatic ring is 1. The molecule has 4 rings (SSSR count). The van der Waals surface area contributed by atoms with Crippen molar-refractivity contribution in [1.29, 1.82) is 0 Å². The summed E-state index contributed by atoms with van der Waals surface area (Å²) in [5.41, 5.74) is 9.90. The zero-order valence-corrected chi connectivity index (χ0v) is 12.6. The van der Waals surface area contributed by atoms with Crippen molar-refractivity contribution in [2.45, 2.75) is 0 Å². The molecular weight excluding hydrogens is 328 g/mol. The Morgan fingerprint density at radius 1 is 1.00 bits per heavy atom. The largest absolute Gasteiger partial charge is 0.369 e. The van der Waals surface area contributed by atoms with E-state index in [0.29, 0.717) is 5.95 Å². The second kappa shape index (κ2) is 4.56. The topological polar surface area (TPSA) is 56.7 Å². The van der Waals surface area contributed by atoms with Gasteiger partial charge in [-0.3, -0.25) is 9.55 Å². The summed E-state index contributed by atoms with van der Waals surface area (Å²) in [4.78, 5) is 8.75. The van der Waals surface area contributed by atoms with Crippen molar-refractivity contribution in [1.82, 2.24) is 14.5 Å². The summed E-state index contributed by atoms with van der Waals surface area (Å²) in [6.45, 7) is 0. The van der Waals surface area contributed by atoms with Crippen LogP contribution in [0.4, 0.5) is 5.95 Å². The van der Waals surface area contributed by atoms with Crippen LogP contribution >= 0.6 is 15.9 Å². The van der Waals surface area contributed by atoms with Crippen LogP contribution in [0, 0.1) is 0 Å². The van der Waals surface area contributed by atoms with E-state index in [4.69, 9.17) is 5.73 Å². The van der Waals surface area contributed by atoms with Gasteiger partial charge in [-0.25, -0.2) is 4.98 Å². The number of rotatable bonds is 1. The molecule has 2 aromatic carbocycles. The molecule has 0 unspecified atom stereocenters. The molecule has 21 heavy (non-hydrogen) atoms. The number of pyridine rings is 1. The first-order valence-electron chi connectivity index (χ1n) is 6.51. The summed E-state index contributed by atoms with van der Waals surface area (Å²) in [5.74, 6) is 0.478. The highest BCUT2D eigenvalue weighted by atomic mass is 79.9. The van der Waals surface area contributed by atoms with E-state index in [1.54, 1.807) is 6.20 Å². The van der Waals surface area contributed by atoms with Gasteiger partial charge in [-0.1, -0.05) is 22.0 Å². The first-order valence-corrected chi connectivity index (χ1v) is 7.30. The minimum atomic E-state index is 0.478. The molecule has 102 valence electrons. The minimum Gasteiger partial charge on any atom is -0.369 e. The molecule has 0 aliphatic rings. The summed E-state index contributed by atoms with van der Waals surface area (Å²) in [7, 11) is 0. The molecule has 4 nitrogen and oxygen atoms in total. The van der Waals surface area contributed by atoms with Gasteiger partial charge >= 0.3 is 0 Å². The molecular formula is C16H11BrN4. The third kappa shape index (κ3) is 1.97. The molecule has 2 heterocycles. The van der Waals surface area contributed by atoms with Crippen molar-refractivity contribution in [3.05, 3.63) is 59.2 Å². The van der Waals surface area contributed by atoms with Gasteiger partial charge in [0.15, 0.2) is 0 Å². The maximum Gasteiger partial charge on any atom is 0.205 e. The van der Waals surface area contributed by atoms with E-state index in [9.17, 15) is 0 Å². The predicted octanol–water partition coefficient (Wildman–Crippen LogP) is 3.92. The second-order valence-corrected chi connectivity index (χ2v) is 5.73. The number of aromatic nitrogens is 3. The van der Waals surface area contributed by atoms with Crippen molar-refractivity contribution in [2.24, 2.45) is 0 Å². The van der Waals surface area contributed by atoms with E-state index >= 15 is 0 Å². The fraction of sp³-hybridized carbons (Fsp3) is 0. The third-order valence-corrected chi connectivity index (χ3v) is 3.98. The lowest BCUT2D eigenvalue weighted by molar-refractivity contribution is 1.11. The van der Waals surface area contributed by atoms with Gasteiger partial charge in [-0.15, -0.1) is 0 Å². The highest BCUT2D eigenvalue weighted by Gasteiger charge is 2.10. The Morgan fingerprint density at radius 3 is 2.76 bits per heavy atom. The highest BCUT2D eigenvalue weighted by Crippen LogP contribution is 2.27. The van der Waals surface area contributed by atoms with Crippen LogP contribution < -0.4 is 5.73 Å². The number of nitrogens with zero attached hydrogens (tertiary/aromatic N) is 3. The Morgan fingerprint density at radius 2 is 1.86 bits per heavy atom. The van der Waals surface area contributed by atoms with Gasteiger partial charge in [0, 0.05) is 21.7 Å². The molecule has 0 saturated heterocycles. The Labute approximate surface area is 129 Å². The molecule has 0 spiro atoms. The molecule has 0 saturated carbocycles. The van der Waals surface area contributed by atoms with Gasteiger partial charge in [0.05, 0.1) is 16.6 Å². The lowest BCUT2D eigenvalue weighted by Crippen LogP contribution is -2.00. The lowest BCUT2D eigenvalue weighted by atomic mass is 10.2. The summed E-state index contributed by atoms with van der Waals surface area (Å²) < 4.78 is 2.95. The summed E-state index contributed by atoms with van der Waals surface area (Å²) in [6.07, 6.45) is 1.79. The zero-order chi connectivity index (χ0) is 14.4. The van der Waals surface area contributed by atoms with Crippen molar-refractivity contribution in [2.75, 3.05) is 5.73 Å². The first kappa shape index (κ1) is 12.3. The number of hydrogen-bond acceptors (Lipinski definition) is 3. The van der Waals surface area contributed by atoms with Crippen LogP contribution in [0.15, 0.2) is 59.2 Å². The molecule has 2 aromatic heterocycles. The SMILES string of the molecule is Nc1nc2ccc(Br)cc2n1-c1ccc2ncccc2c1. The quantitative estimate of drug-likeness (QED) is 0.572. The summed E-state index contributed by atoms with van der Waals surface area (Å²) in [5, 5.41) is 1.08. The number of anilines is 1. The van der Waals surface area contributed by atoms with Crippen LogP contribution in [-0.4, -0.2) is 14.5 Å². The van der Waals surface area contributed by atoms with E-state index in [-0.39, 0.29) is 0 Å². The molecule has 0 radical (unpaired) electrons.